The Bertz CT molecular complexity index is 840. The Labute approximate surface area is 137 Å². The van der Waals surface area contributed by atoms with Crippen molar-refractivity contribution in [1.82, 2.24) is 10.0 Å². The lowest BCUT2D eigenvalue weighted by atomic mass is 10.0. The lowest BCUT2D eigenvalue weighted by Crippen LogP contribution is -2.29. The van der Waals surface area contributed by atoms with Crippen LogP contribution < -0.4 is 0 Å². The van der Waals surface area contributed by atoms with Gasteiger partial charge in [0, 0.05) is 32.5 Å². The molecule has 0 radical (unpaired) electrons. The average molecular weight is 328 g/mol. The quantitative estimate of drug-likeness (QED) is 0.869. The van der Waals surface area contributed by atoms with Gasteiger partial charge in [0.25, 0.3) is 0 Å². The molecule has 2 aromatic rings. The van der Waals surface area contributed by atoms with Crippen LogP contribution in [0, 0.1) is 0 Å². The minimum atomic E-state index is -3.17. The van der Waals surface area contributed by atoms with E-state index in [1.54, 1.807) is 12.1 Å². The highest BCUT2D eigenvalue weighted by molar-refractivity contribution is 7.90. The van der Waals surface area contributed by atoms with E-state index in [0.29, 0.717) is 4.90 Å². The van der Waals surface area contributed by atoms with Gasteiger partial charge in [0.1, 0.15) is 0 Å². The number of benzene rings is 2. The molecule has 0 aromatic heterocycles. The minimum Gasteiger partial charge on any atom is -0.308 e. The minimum absolute atomic E-state index is 0.345. The molecule has 1 heterocycles. The first-order chi connectivity index (χ1) is 10.9. The standard InChI is InChI=1S/C18H20N2O2S/c1-19-13-17(14-7-5-4-6-8-14)18(20(19)2)15-9-11-16(12-10-15)23(3,21)22/h4-12H,13H2,1-3H3. The van der Waals surface area contributed by atoms with E-state index >= 15 is 0 Å². The first-order valence-corrected chi connectivity index (χ1v) is 9.31. The van der Waals surface area contributed by atoms with Crippen molar-refractivity contribution in [3.8, 4) is 0 Å². The van der Waals surface area contributed by atoms with E-state index in [0.717, 1.165) is 17.8 Å². The number of nitrogens with zero attached hydrogens (tertiary/aromatic N) is 2. The lowest BCUT2D eigenvalue weighted by molar-refractivity contribution is 0.129. The summed E-state index contributed by atoms with van der Waals surface area (Å²) in [4.78, 5) is 0.345. The second kappa shape index (κ2) is 5.83. The SMILES string of the molecule is CN1CC(c2ccccc2)=C(c2ccc(S(C)(=O)=O)cc2)N1C. The van der Waals surface area contributed by atoms with Gasteiger partial charge in [-0.3, -0.25) is 0 Å². The fourth-order valence-corrected chi connectivity index (χ4v) is 3.49. The van der Waals surface area contributed by atoms with Crippen molar-refractivity contribution in [3.63, 3.8) is 0 Å². The zero-order valence-corrected chi connectivity index (χ0v) is 14.3. The van der Waals surface area contributed by atoms with Crippen LogP contribution in [-0.2, 0) is 9.84 Å². The molecular weight excluding hydrogens is 308 g/mol. The molecule has 0 saturated heterocycles. The molecule has 2 aromatic carbocycles. The summed E-state index contributed by atoms with van der Waals surface area (Å²) in [5.74, 6) is 0. The van der Waals surface area contributed by atoms with Crippen LogP contribution in [0.15, 0.2) is 59.5 Å². The molecule has 0 fully saturated rings. The second-order valence-electron chi connectivity index (χ2n) is 5.83. The van der Waals surface area contributed by atoms with Crippen molar-refractivity contribution in [2.45, 2.75) is 4.90 Å². The van der Waals surface area contributed by atoms with Crippen LogP contribution in [0.2, 0.25) is 0 Å². The summed E-state index contributed by atoms with van der Waals surface area (Å²) >= 11 is 0. The van der Waals surface area contributed by atoms with Gasteiger partial charge in [0.05, 0.1) is 10.6 Å². The van der Waals surface area contributed by atoms with E-state index in [-0.39, 0.29) is 0 Å². The summed E-state index contributed by atoms with van der Waals surface area (Å²) < 4.78 is 23.3. The molecule has 0 bridgehead atoms. The van der Waals surface area contributed by atoms with Crippen LogP contribution in [-0.4, -0.2) is 45.3 Å². The van der Waals surface area contributed by atoms with Gasteiger partial charge in [-0.05, 0) is 23.3 Å². The van der Waals surface area contributed by atoms with Crippen LogP contribution in [0.5, 0.6) is 0 Å². The number of hydrogen-bond acceptors (Lipinski definition) is 4. The van der Waals surface area contributed by atoms with Crippen LogP contribution in [0.3, 0.4) is 0 Å². The molecule has 0 unspecified atom stereocenters. The highest BCUT2D eigenvalue weighted by atomic mass is 32.2. The second-order valence-corrected chi connectivity index (χ2v) is 7.84. The van der Waals surface area contributed by atoms with E-state index in [9.17, 15) is 8.42 Å². The topological polar surface area (TPSA) is 40.6 Å². The molecule has 0 saturated carbocycles. The highest BCUT2D eigenvalue weighted by Gasteiger charge is 2.26. The lowest BCUT2D eigenvalue weighted by Gasteiger charge is -2.24. The molecule has 0 atom stereocenters. The monoisotopic (exact) mass is 328 g/mol. The maximum atomic E-state index is 11.6. The number of hydrogen-bond donors (Lipinski definition) is 0. The molecule has 0 amide bonds. The molecule has 0 spiro atoms. The van der Waals surface area contributed by atoms with Crippen molar-refractivity contribution in [3.05, 3.63) is 65.7 Å². The van der Waals surface area contributed by atoms with Crippen LogP contribution in [0.1, 0.15) is 11.1 Å². The Kier molecular flexibility index (Phi) is 4.00. The first-order valence-electron chi connectivity index (χ1n) is 7.42. The molecule has 1 aliphatic heterocycles. The largest absolute Gasteiger partial charge is 0.308 e. The molecule has 120 valence electrons. The van der Waals surface area contributed by atoms with Gasteiger partial charge in [-0.1, -0.05) is 42.5 Å². The normalized spacial score (nSPS) is 16.2. The third-order valence-electron chi connectivity index (χ3n) is 4.19. The van der Waals surface area contributed by atoms with Gasteiger partial charge in [0.2, 0.25) is 0 Å². The summed E-state index contributed by atoms with van der Waals surface area (Å²) in [5, 5.41) is 4.25. The van der Waals surface area contributed by atoms with Gasteiger partial charge >= 0.3 is 0 Å². The maximum absolute atomic E-state index is 11.6. The van der Waals surface area contributed by atoms with Crippen molar-refractivity contribution >= 4 is 21.1 Å². The van der Waals surface area contributed by atoms with Crippen LogP contribution in [0.25, 0.3) is 11.3 Å². The fraction of sp³-hybridized carbons (Fsp3) is 0.222. The number of sulfone groups is 1. The number of rotatable bonds is 3. The van der Waals surface area contributed by atoms with E-state index in [4.69, 9.17) is 0 Å². The van der Waals surface area contributed by atoms with Gasteiger partial charge in [-0.2, -0.15) is 0 Å². The van der Waals surface area contributed by atoms with Crippen molar-refractivity contribution in [1.29, 1.82) is 0 Å². The van der Waals surface area contributed by atoms with Crippen LogP contribution >= 0.6 is 0 Å². The summed E-state index contributed by atoms with van der Waals surface area (Å²) in [7, 11) is 0.893. The van der Waals surface area contributed by atoms with Gasteiger partial charge in [-0.15, -0.1) is 0 Å². The van der Waals surface area contributed by atoms with Gasteiger partial charge in [-0.25, -0.2) is 13.4 Å². The van der Waals surface area contributed by atoms with Crippen molar-refractivity contribution < 1.29 is 8.42 Å². The number of hydrazine groups is 1. The molecule has 5 heteroatoms. The zero-order chi connectivity index (χ0) is 16.6. The van der Waals surface area contributed by atoms with E-state index in [1.165, 1.54) is 17.4 Å². The summed E-state index contributed by atoms with van der Waals surface area (Å²) in [5.41, 5.74) is 4.55. The van der Waals surface area contributed by atoms with Crippen LogP contribution in [0.4, 0.5) is 0 Å². The highest BCUT2D eigenvalue weighted by Crippen LogP contribution is 2.35. The van der Waals surface area contributed by atoms with Crippen molar-refractivity contribution in [2.24, 2.45) is 0 Å². The van der Waals surface area contributed by atoms with Gasteiger partial charge in [0.15, 0.2) is 9.84 Å². The Morgan fingerprint density at radius 1 is 0.870 bits per heavy atom. The van der Waals surface area contributed by atoms with E-state index < -0.39 is 9.84 Å². The Morgan fingerprint density at radius 2 is 1.48 bits per heavy atom. The molecule has 23 heavy (non-hydrogen) atoms. The predicted octanol–water partition coefficient (Wildman–Crippen LogP) is 2.75. The zero-order valence-electron chi connectivity index (χ0n) is 13.5. The Hall–Kier alpha value is -2.11. The molecule has 1 aliphatic rings. The third-order valence-corrected chi connectivity index (χ3v) is 5.32. The molecule has 0 aliphatic carbocycles. The molecule has 0 N–H and O–H groups in total. The smallest absolute Gasteiger partial charge is 0.175 e. The Balaban J connectivity index is 2.10. The first kappa shape index (κ1) is 15.8. The van der Waals surface area contributed by atoms with E-state index in [1.807, 2.05) is 44.4 Å². The fourth-order valence-electron chi connectivity index (χ4n) is 2.86. The predicted molar refractivity (Wildman–Crippen MR) is 93.2 cm³/mol. The van der Waals surface area contributed by atoms with Crippen molar-refractivity contribution in [2.75, 3.05) is 26.9 Å². The number of likely N-dealkylation sites (N-methyl/N-ethyl adjacent to an activating group) is 1. The molecule has 4 nitrogen and oxygen atoms in total. The molecular formula is C18H20N2O2S. The summed E-state index contributed by atoms with van der Waals surface area (Å²) in [6, 6.07) is 17.4. The van der Waals surface area contributed by atoms with Gasteiger partial charge < -0.3 is 5.01 Å². The summed E-state index contributed by atoms with van der Waals surface area (Å²) in [6.45, 7) is 0.823. The average Bonchev–Trinajstić information content (AvgIpc) is 2.83. The summed E-state index contributed by atoms with van der Waals surface area (Å²) in [6.07, 6.45) is 1.23. The van der Waals surface area contributed by atoms with E-state index in [2.05, 4.69) is 22.2 Å². The maximum Gasteiger partial charge on any atom is 0.175 e. The third kappa shape index (κ3) is 3.02. The molecule has 3 rings (SSSR count). The Morgan fingerprint density at radius 3 is 2.04 bits per heavy atom.